The third-order valence-electron chi connectivity index (χ3n) is 5.62. The van der Waals surface area contributed by atoms with Crippen LogP contribution in [0.2, 0.25) is 0 Å². The molecule has 2 aromatic rings. The van der Waals surface area contributed by atoms with Crippen molar-refractivity contribution < 1.29 is 28.2 Å². The van der Waals surface area contributed by atoms with Crippen molar-refractivity contribution in [3.63, 3.8) is 0 Å². The fourth-order valence-corrected chi connectivity index (χ4v) is 3.89. The molecule has 1 aromatic carbocycles. The number of nitrogens with one attached hydrogen (secondary N) is 1. The molecule has 2 atom stereocenters. The molecule has 0 radical (unpaired) electrons. The van der Waals surface area contributed by atoms with Crippen molar-refractivity contribution in [3.05, 3.63) is 63.1 Å². The van der Waals surface area contributed by atoms with E-state index in [9.17, 15) is 28.3 Å². The molecule has 4 rings (SSSR count). The Morgan fingerprint density at radius 3 is 2.81 bits per heavy atom. The topological polar surface area (TPSA) is 101 Å². The van der Waals surface area contributed by atoms with E-state index in [0.717, 1.165) is 12.5 Å². The maximum atomic E-state index is 13.8. The molecule has 0 bridgehead atoms. The smallest absolute Gasteiger partial charge is 0.276 e. The molecule has 10 heteroatoms. The number of carbonyl (C=O) groups is 2. The zero-order valence-electron chi connectivity index (χ0n) is 16.7. The Kier molecular flexibility index (Phi) is 5.48. The van der Waals surface area contributed by atoms with Gasteiger partial charge in [0, 0.05) is 30.9 Å². The molecular formula is C21H21F2N3O5. The predicted molar refractivity (Wildman–Crippen MR) is 105 cm³/mol. The first-order valence-corrected chi connectivity index (χ1v) is 9.95. The van der Waals surface area contributed by atoms with Crippen molar-refractivity contribution in [1.82, 2.24) is 14.8 Å². The van der Waals surface area contributed by atoms with Crippen LogP contribution in [0.5, 0.6) is 5.75 Å². The van der Waals surface area contributed by atoms with Crippen LogP contribution in [0.4, 0.5) is 8.78 Å². The first-order valence-electron chi connectivity index (χ1n) is 9.95. The summed E-state index contributed by atoms with van der Waals surface area (Å²) in [4.78, 5) is 39.4. The van der Waals surface area contributed by atoms with Crippen molar-refractivity contribution in [2.45, 2.75) is 45.2 Å². The molecule has 31 heavy (non-hydrogen) atoms. The molecule has 2 aliphatic heterocycles. The summed E-state index contributed by atoms with van der Waals surface area (Å²) >= 11 is 0. The summed E-state index contributed by atoms with van der Waals surface area (Å²) in [6.45, 7) is 2.29. The highest BCUT2D eigenvalue weighted by molar-refractivity contribution is 5.99. The summed E-state index contributed by atoms with van der Waals surface area (Å²) in [5.41, 5.74) is -1.56. The molecule has 0 unspecified atom stereocenters. The summed E-state index contributed by atoms with van der Waals surface area (Å²) in [5.74, 6) is -3.80. The highest BCUT2D eigenvalue weighted by Crippen LogP contribution is 2.29. The highest BCUT2D eigenvalue weighted by Gasteiger charge is 2.40. The lowest BCUT2D eigenvalue weighted by Crippen LogP contribution is -2.55. The molecule has 0 aliphatic carbocycles. The maximum absolute atomic E-state index is 13.8. The number of benzene rings is 1. The van der Waals surface area contributed by atoms with E-state index < -0.39 is 46.4 Å². The van der Waals surface area contributed by atoms with E-state index in [2.05, 4.69) is 5.32 Å². The van der Waals surface area contributed by atoms with Crippen LogP contribution in [-0.4, -0.2) is 45.3 Å². The Morgan fingerprint density at radius 2 is 2.10 bits per heavy atom. The van der Waals surface area contributed by atoms with Gasteiger partial charge in [-0.15, -0.1) is 0 Å². The van der Waals surface area contributed by atoms with Gasteiger partial charge in [-0.3, -0.25) is 14.4 Å². The van der Waals surface area contributed by atoms with Gasteiger partial charge in [-0.2, -0.15) is 0 Å². The van der Waals surface area contributed by atoms with Gasteiger partial charge in [0.2, 0.25) is 5.43 Å². The largest absolute Gasteiger partial charge is 0.503 e. The zero-order valence-corrected chi connectivity index (χ0v) is 16.7. The van der Waals surface area contributed by atoms with Crippen molar-refractivity contribution in [2.24, 2.45) is 0 Å². The van der Waals surface area contributed by atoms with Gasteiger partial charge in [-0.25, -0.2) is 8.78 Å². The van der Waals surface area contributed by atoms with Crippen molar-refractivity contribution in [3.8, 4) is 5.75 Å². The predicted octanol–water partition coefficient (Wildman–Crippen LogP) is 1.74. The molecule has 2 amide bonds. The van der Waals surface area contributed by atoms with Gasteiger partial charge in [-0.1, -0.05) is 13.0 Å². The van der Waals surface area contributed by atoms with E-state index in [1.54, 1.807) is 0 Å². The molecule has 0 saturated carbocycles. The summed E-state index contributed by atoms with van der Waals surface area (Å²) in [7, 11) is 0. The van der Waals surface area contributed by atoms with Crippen LogP contribution < -0.4 is 10.7 Å². The summed E-state index contributed by atoms with van der Waals surface area (Å²) < 4.78 is 34.1. The van der Waals surface area contributed by atoms with Crippen LogP contribution in [0, 0.1) is 11.6 Å². The lowest BCUT2D eigenvalue weighted by Gasteiger charge is -2.43. The third-order valence-corrected chi connectivity index (χ3v) is 5.62. The lowest BCUT2D eigenvalue weighted by atomic mass is 10.1. The second-order valence-corrected chi connectivity index (χ2v) is 7.55. The molecule has 2 N–H and O–H groups in total. The number of hydrogen-bond acceptors (Lipinski definition) is 5. The normalized spacial score (nSPS) is 20.2. The number of carbonyl (C=O) groups excluding carboxylic acids is 2. The monoisotopic (exact) mass is 433 g/mol. The number of amides is 2. The van der Waals surface area contributed by atoms with Crippen LogP contribution in [0.1, 0.15) is 46.2 Å². The van der Waals surface area contributed by atoms with Gasteiger partial charge in [0.15, 0.2) is 17.7 Å². The number of halogens is 2. The average molecular weight is 433 g/mol. The van der Waals surface area contributed by atoms with Crippen LogP contribution in [0.15, 0.2) is 29.2 Å². The minimum absolute atomic E-state index is 0.00282. The molecule has 2 aliphatic rings. The zero-order chi connectivity index (χ0) is 22.3. The van der Waals surface area contributed by atoms with E-state index in [1.165, 1.54) is 21.7 Å². The van der Waals surface area contributed by atoms with Gasteiger partial charge in [-0.05, 0) is 18.9 Å². The Labute approximate surface area is 176 Å². The lowest BCUT2D eigenvalue weighted by molar-refractivity contribution is -0.134. The van der Waals surface area contributed by atoms with E-state index in [-0.39, 0.29) is 30.5 Å². The second-order valence-electron chi connectivity index (χ2n) is 7.55. The average Bonchev–Trinajstić information content (AvgIpc) is 2.74. The van der Waals surface area contributed by atoms with Crippen molar-refractivity contribution >= 4 is 11.8 Å². The summed E-state index contributed by atoms with van der Waals surface area (Å²) in [5, 5.41) is 12.8. The fraction of sp³-hybridized carbons (Fsp3) is 0.381. The second kappa shape index (κ2) is 8.10. The van der Waals surface area contributed by atoms with Crippen molar-refractivity contribution in [2.75, 3.05) is 6.54 Å². The van der Waals surface area contributed by atoms with Gasteiger partial charge in [0.1, 0.15) is 17.2 Å². The molecule has 1 saturated heterocycles. The SMILES string of the molecule is CC[C@@H]1CCN2C(=O)c3c(O)c(=O)c(C(=O)NCc4ccc(F)cc4F)cn3C[C@H]2O1. The minimum Gasteiger partial charge on any atom is -0.503 e. The first-order chi connectivity index (χ1) is 14.8. The number of nitrogens with zero attached hydrogens (tertiary/aromatic N) is 2. The number of pyridine rings is 1. The summed E-state index contributed by atoms with van der Waals surface area (Å²) in [6, 6.07) is 2.92. The number of ether oxygens (including phenoxy) is 1. The maximum Gasteiger partial charge on any atom is 0.276 e. The molecule has 3 heterocycles. The van der Waals surface area contributed by atoms with Crippen LogP contribution in [-0.2, 0) is 17.8 Å². The Hall–Kier alpha value is -3.27. The third kappa shape index (κ3) is 3.78. The quantitative estimate of drug-likeness (QED) is 0.765. The Balaban J connectivity index is 1.60. The van der Waals surface area contributed by atoms with Gasteiger partial charge >= 0.3 is 0 Å². The molecular weight excluding hydrogens is 412 g/mol. The van der Waals surface area contributed by atoms with Gasteiger partial charge in [0.25, 0.3) is 11.8 Å². The van der Waals surface area contributed by atoms with Crippen molar-refractivity contribution in [1.29, 1.82) is 0 Å². The molecule has 8 nitrogen and oxygen atoms in total. The van der Waals surface area contributed by atoms with Crippen LogP contribution in [0.3, 0.4) is 0 Å². The van der Waals surface area contributed by atoms with E-state index in [0.29, 0.717) is 19.0 Å². The van der Waals surface area contributed by atoms with Gasteiger partial charge < -0.3 is 24.6 Å². The van der Waals surface area contributed by atoms with Crippen LogP contribution in [0.25, 0.3) is 0 Å². The number of aromatic hydroxyl groups is 1. The fourth-order valence-electron chi connectivity index (χ4n) is 3.89. The van der Waals surface area contributed by atoms with E-state index >= 15 is 0 Å². The number of aromatic nitrogens is 1. The van der Waals surface area contributed by atoms with E-state index in [4.69, 9.17) is 4.74 Å². The Bertz CT molecular complexity index is 1120. The molecule has 0 spiro atoms. The summed E-state index contributed by atoms with van der Waals surface area (Å²) in [6.07, 6.45) is 2.07. The highest BCUT2D eigenvalue weighted by atomic mass is 19.1. The number of fused-ring (bicyclic) bond motifs is 2. The first kappa shape index (κ1) is 21.0. The molecule has 1 aromatic heterocycles. The standard InChI is InChI=1S/C21H21F2N3O5/c1-2-13-5-6-26-16(31-13)10-25-9-14(18(27)19(28)17(25)21(26)30)20(29)24-8-11-3-4-12(22)7-15(11)23/h3-4,7,9,13,16,28H,2,5-6,8,10H2,1H3,(H,24,29)/t13-,16-/m1/s1. The minimum atomic E-state index is -1.00. The number of hydrogen-bond donors (Lipinski definition) is 2. The number of rotatable bonds is 4. The Morgan fingerprint density at radius 1 is 1.32 bits per heavy atom. The van der Waals surface area contributed by atoms with E-state index in [1.807, 2.05) is 6.92 Å². The van der Waals surface area contributed by atoms with Crippen LogP contribution >= 0.6 is 0 Å². The molecule has 164 valence electrons. The molecule has 1 fully saturated rings. The van der Waals surface area contributed by atoms with Gasteiger partial charge in [0.05, 0.1) is 12.6 Å².